The van der Waals surface area contributed by atoms with Crippen molar-refractivity contribution in [3.63, 3.8) is 0 Å². The maximum Gasteiger partial charge on any atom is 0.349 e. The van der Waals surface area contributed by atoms with Gasteiger partial charge in [0.05, 0.1) is 11.3 Å². The molecule has 8 heteroatoms. The molecular weight excluding hydrogens is 233 g/mol. The minimum absolute atomic E-state index is 0.272. The topological polar surface area (TPSA) is 108 Å². The molecule has 0 unspecified atom stereocenters. The Morgan fingerprint density at radius 1 is 1.24 bits per heavy atom. The molecule has 7 nitrogen and oxygen atoms in total. The number of hydrogen-bond donors (Lipinski definition) is 3. The third-order valence-electron chi connectivity index (χ3n) is 2.12. The van der Waals surface area contributed by atoms with Gasteiger partial charge in [0, 0.05) is 0 Å². The van der Waals surface area contributed by atoms with Crippen molar-refractivity contribution >= 4 is 5.97 Å². The molecule has 2 rings (SSSR count). The number of carbonyl (C=O) groups is 1. The molecule has 0 aliphatic rings. The van der Waals surface area contributed by atoms with E-state index in [9.17, 15) is 18.8 Å². The van der Waals surface area contributed by atoms with Gasteiger partial charge >= 0.3 is 17.3 Å². The first-order chi connectivity index (χ1) is 8.00. The van der Waals surface area contributed by atoms with E-state index in [0.717, 1.165) is 18.2 Å². The molecule has 3 N–H and O–H groups in total. The average Bonchev–Trinajstić information content (AvgIpc) is 2.59. The van der Waals surface area contributed by atoms with Gasteiger partial charge in [-0.2, -0.15) is 0 Å². The van der Waals surface area contributed by atoms with Crippen molar-refractivity contribution in [1.29, 1.82) is 0 Å². The summed E-state index contributed by atoms with van der Waals surface area (Å²) in [6.45, 7) is 0. The molecule has 0 saturated carbocycles. The van der Waals surface area contributed by atoms with Crippen molar-refractivity contribution in [3.8, 4) is 5.69 Å². The number of halogens is 1. The summed E-state index contributed by atoms with van der Waals surface area (Å²) in [7, 11) is 0. The van der Waals surface area contributed by atoms with Crippen molar-refractivity contribution in [2.45, 2.75) is 0 Å². The first-order valence-corrected chi connectivity index (χ1v) is 4.43. The fraction of sp³-hybridized carbons (Fsp3) is 0. The van der Waals surface area contributed by atoms with E-state index in [1.807, 2.05) is 10.2 Å². The van der Waals surface area contributed by atoms with E-state index >= 15 is 0 Å². The summed E-state index contributed by atoms with van der Waals surface area (Å²) in [4.78, 5) is 33.0. The zero-order valence-corrected chi connectivity index (χ0v) is 8.23. The highest BCUT2D eigenvalue weighted by Crippen LogP contribution is 2.12. The number of aromatic carboxylic acids is 1. The Kier molecular flexibility index (Phi) is 2.39. The molecule has 0 spiro atoms. The molecule has 2 aromatic rings. The average molecular weight is 239 g/mol. The van der Waals surface area contributed by atoms with E-state index in [2.05, 4.69) is 0 Å². The highest BCUT2D eigenvalue weighted by atomic mass is 19.1. The van der Waals surface area contributed by atoms with Crippen molar-refractivity contribution in [2.24, 2.45) is 0 Å². The van der Waals surface area contributed by atoms with Gasteiger partial charge in [-0.15, -0.1) is 0 Å². The number of nitrogens with one attached hydrogen (secondary N) is 2. The minimum atomic E-state index is -1.30. The molecular formula is C9H6FN3O4. The molecule has 17 heavy (non-hydrogen) atoms. The van der Waals surface area contributed by atoms with Gasteiger partial charge in [0.25, 0.3) is 0 Å². The highest BCUT2D eigenvalue weighted by Gasteiger charge is 2.13. The number of aromatic amines is 2. The van der Waals surface area contributed by atoms with Crippen LogP contribution in [0.15, 0.2) is 27.8 Å². The Bertz CT molecular complexity index is 669. The molecule has 0 aliphatic carbocycles. The number of benzene rings is 1. The zero-order chi connectivity index (χ0) is 12.6. The van der Waals surface area contributed by atoms with Crippen LogP contribution in [0.3, 0.4) is 0 Å². The predicted molar refractivity (Wildman–Crippen MR) is 53.9 cm³/mol. The van der Waals surface area contributed by atoms with E-state index in [-0.39, 0.29) is 11.3 Å². The SMILES string of the molecule is O=C(O)c1ccc(-n2c(=O)[nH][nH]c2=O)c(F)c1. The van der Waals surface area contributed by atoms with E-state index in [1.165, 1.54) is 0 Å². The maximum absolute atomic E-state index is 13.5. The van der Waals surface area contributed by atoms with Crippen molar-refractivity contribution < 1.29 is 14.3 Å². The van der Waals surface area contributed by atoms with Crippen molar-refractivity contribution in [2.75, 3.05) is 0 Å². The van der Waals surface area contributed by atoms with Gasteiger partial charge in [0.2, 0.25) is 0 Å². The molecule has 0 saturated heterocycles. The van der Waals surface area contributed by atoms with Crippen LogP contribution in [0.5, 0.6) is 0 Å². The Hall–Kier alpha value is -2.64. The summed E-state index contributed by atoms with van der Waals surface area (Å²) in [5.41, 5.74) is -2.26. The summed E-state index contributed by atoms with van der Waals surface area (Å²) >= 11 is 0. The quantitative estimate of drug-likeness (QED) is 0.668. The van der Waals surface area contributed by atoms with Crippen LogP contribution in [0.2, 0.25) is 0 Å². The lowest BCUT2D eigenvalue weighted by Crippen LogP contribution is -2.25. The maximum atomic E-state index is 13.5. The lowest BCUT2D eigenvalue weighted by Gasteiger charge is -2.02. The van der Waals surface area contributed by atoms with Gasteiger partial charge in [0.15, 0.2) is 0 Å². The van der Waals surface area contributed by atoms with Gasteiger partial charge in [-0.3, -0.25) is 0 Å². The summed E-state index contributed by atoms with van der Waals surface area (Å²) in [5.74, 6) is -2.28. The molecule has 0 fully saturated rings. The smallest absolute Gasteiger partial charge is 0.349 e. The lowest BCUT2D eigenvalue weighted by molar-refractivity contribution is 0.0696. The number of rotatable bonds is 2. The second-order valence-electron chi connectivity index (χ2n) is 3.17. The Morgan fingerprint density at radius 3 is 2.29 bits per heavy atom. The third-order valence-corrected chi connectivity index (χ3v) is 2.12. The summed E-state index contributed by atoms with van der Waals surface area (Å²) in [6.07, 6.45) is 0. The Balaban J connectivity index is 2.67. The summed E-state index contributed by atoms with van der Waals surface area (Å²) in [5, 5.41) is 12.6. The number of nitrogens with zero attached hydrogens (tertiary/aromatic N) is 1. The summed E-state index contributed by atoms with van der Waals surface area (Å²) in [6, 6.07) is 2.87. The summed E-state index contributed by atoms with van der Waals surface area (Å²) < 4.78 is 14.1. The zero-order valence-electron chi connectivity index (χ0n) is 8.23. The van der Waals surface area contributed by atoms with E-state index in [1.54, 1.807) is 0 Å². The van der Waals surface area contributed by atoms with Crippen LogP contribution in [-0.2, 0) is 0 Å². The van der Waals surface area contributed by atoms with Gasteiger partial charge in [-0.25, -0.2) is 33.5 Å². The molecule has 1 aromatic heterocycles. The van der Waals surface area contributed by atoms with E-state index < -0.39 is 23.2 Å². The van der Waals surface area contributed by atoms with Gasteiger partial charge < -0.3 is 5.11 Å². The number of carboxylic acid groups (broad SMARTS) is 1. The Labute approximate surface area is 92.1 Å². The fourth-order valence-corrected chi connectivity index (χ4v) is 1.35. The van der Waals surface area contributed by atoms with Crippen LogP contribution in [0.1, 0.15) is 10.4 Å². The fourth-order valence-electron chi connectivity index (χ4n) is 1.35. The Morgan fingerprint density at radius 2 is 1.82 bits per heavy atom. The molecule has 88 valence electrons. The first-order valence-electron chi connectivity index (χ1n) is 4.43. The van der Waals surface area contributed by atoms with Gasteiger partial charge in [0.1, 0.15) is 5.82 Å². The third kappa shape index (κ3) is 1.75. The monoisotopic (exact) mass is 239 g/mol. The number of hydrogen-bond acceptors (Lipinski definition) is 3. The number of carboxylic acids is 1. The first kappa shape index (κ1) is 10.9. The normalized spacial score (nSPS) is 10.4. The largest absolute Gasteiger partial charge is 0.478 e. The molecule has 0 bridgehead atoms. The van der Waals surface area contributed by atoms with Crippen LogP contribution in [0.25, 0.3) is 5.69 Å². The molecule has 0 aliphatic heterocycles. The van der Waals surface area contributed by atoms with E-state index in [4.69, 9.17) is 5.11 Å². The second-order valence-corrected chi connectivity index (χ2v) is 3.17. The van der Waals surface area contributed by atoms with Crippen LogP contribution in [-0.4, -0.2) is 25.8 Å². The standard InChI is InChI=1S/C9H6FN3O4/c10-5-3-4(7(14)15)1-2-6(5)13-8(16)11-12-9(13)17/h1-3H,(H,11,16)(H,12,17)(H,14,15). The van der Waals surface area contributed by atoms with Gasteiger partial charge in [-0.1, -0.05) is 0 Å². The molecule has 1 aromatic carbocycles. The second kappa shape index (κ2) is 3.74. The van der Waals surface area contributed by atoms with Crippen LogP contribution < -0.4 is 11.4 Å². The molecule has 1 heterocycles. The van der Waals surface area contributed by atoms with Gasteiger partial charge in [-0.05, 0) is 18.2 Å². The van der Waals surface area contributed by atoms with Crippen LogP contribution in [0, 0.1) is 5.82 Å². The number of aromatic nitrogens is 3. The molecule has 0 amide bonds. The van der Waals surface area contributed by atoms with E-state index in [0.29, 0.717) is 4.57 Å². The highest BCUT2D eigenvalue weighted by molar-refractivity contribution is 5.87. The predicted octanol–water partition coefficient (Wildman–Crippen LogP) is -0.309. The van der Waals surface area contributed by atoms with Crippen molar-refractivity contribution in [3.05, 3.63) is 50.5 Å². The van der Waals surface area contributed by atoms with Crippen LogP contribution >= 0.6 is 0 Å². The number of H-pyrrole nitrogens is 2. The minimum Gasteiger partial charge on any atom is -0.478 e. The van der Waals surface area contributed by atoms with Crippen LogP contribution in [0.4, 0.5) is 4.39 Å². The molecule has 0 radical (unpaired) electrons. The van der Waals surface area contributed by atoms with Crippen molar-refractivity contribution in [1.82, 2.24) is 14.8 Å². The lowest BCUT2D eigenvalue weighted by atomic mass is 10.2. The molecule has 0 atom stereocenters.